The Bertz CT molecular complexity index is 243. The van der Waals surface area contributed by atoms with Crippen molar-refractivity contribution >= 4 is 5.97 Å². The molecule has 0 spiro atoms. The van der Waals surface area contributed by atoms with Gasteiger partial charge in [0.15, 0.2) is 5.92 Å². The van der Waals surface area contributed by atoms with Crippen molar-refractivity contribution in [3.8, 4) is 0 Å². The van der Waals surface area contributed by atoms with E-state index in [2.05, 4.69) is 0 Å². The van der Waals surface area contributed by atoms with Crippen LogP contribution < -0.4 is 5.32 Å². The maximum absolute atomic E-state index is 12.4. The standard InChI is InChI=1S/C7H10F5NO3/c8-6(9,3-14)2-13-1-4(5(15)16)7(10,11)12/h4,13-14H,1-3H2,(H,15,16). The van der Waals surface area contributed by atoms with Gasteiger partial charge in [0.1, 0.15) is 6.61 Å². The first kappa shape index (κ1) is 15.0. The van der Waals surface area contributed by atoms with Gasteiger partial charge in [-0.3, -0.25) is 4.79 Å². The highest BCUT2D eigenvalue weighted by Gasteiger charge is 2.45. The molecule has 1 unspecified atom stereocenters. The third kappa shape index (κ3) is 5.21. The molecule has 16 heavy (non-hydrogen) atoms. The van der Waals surface area contributed by atoms with Gasteiger partial charge in [0.05, 0.1) is 6.54 Å². The lowest BCUT2D eigenvalue weighted by atomic mass is 10.1. The van der Waals surface area contributed by atoms with E-state index in [1.165, 1.54) is 0 Å². The van der Waals surface area contributed by atoms with Crippen LogP contribution >= 0.6 is 0 Å². The molecule has 0 radical (unpaired) electrons. The third-order valence-corrected chi connectivity index (χ3v) is 1.66. The van der Waals surface area contributed by atoms with Gasteiger partial charge in [-0.15, -0.1) is 0 Å². The molecular formula is C7H10F5NO3. The molecule has 96 valence electrons. The van der Waals surface area contributed by atoms with Crippen molar-refractivity contribution in [3.63, 3.8) is 0 Å². The second kappa shape index (κ2) is 5.39. The second-order valence-electron chi connectivity index (χ2n) is 3.08. The smallest absolute Gasteiger partial charge is 0.403 e. The zero-order valence-electron chi connectivity index (χ0n) is 7.89. The quantitative estimate of drug-likeness (QED) is 0.600. The molecule has 0 saturated heterocycles. The number of hydrogen-bond donors (Lipinski definition) is 3. The Kier molecular flexibility index (Phi) is 5.07. The number of hydrogen-bond acceptors (Lipinski definition) is 3. The maximum Gasteiger partial charge on any atom is 0.403 e. The second-order valence-corrected chi connectivity index (χ2v) is 3.08. The predicted octanol–water partition coefficient (Wildman–Crippen LogP) is 0.467. The predicted molar refractivity (Wildman–Crippen MR) is 42.1 cm³/mol. The molecule has 0 heterocycles. The molecule has 0 fully saturated rings. The lowest BCUT2D eigenvalue weighted by Crippen LogP contribution is -2.43. The molecule has 3 N–H and O–H groups in total. The molecule has 0 aromatic rings. The van der Waals surface area contributed by atoms with Crippen molar-refractivity contribution in [2.75, 3.05) is 19.7 Å². The molecular weight excluding hydrogens is 241 g/mol. The Morgan fingerprint density at radius 2 is 1.75 bits per heavy atom. The van der Waals surface area contributed by atoms with Crippen LogP contribution in [0.3, 0.4) is 0 Å². The molecule has 0 aliphatic heterocycles. The first-order valence-corrected chi connectivity index (χ1v) is 4.09. The van der Waals surface area contributed by atoms with Crippen molar-refractivity contribution in [3.05, 3.63) is 0 Å². The highest BCUT2D eigenvalue weighted by atomic mass is 19.4. The minimum atomic E-state index is -5.01. The van der Waals surface area contributed by atoms with Gasteiger partial charge in [-0.25, -0.2) is 8.78 Å². The van der Waals surface area contributed by atoms with Crippen molar-refractivity contribution in [1.29, 1.82) is 0 Å². The van der Waals surface area contributed by atoms with E-state index >= 15 is 0 Å². The summed E-state index contributed by atoms with van der Waals surface area (Å²) in [5.74, 6) is -8.47. The normalized spacial score (nSPS) is 14.9. The summed E-state index contributed by atoms with van der Waals surface area (Å²) in [6.07, 6.45) is -5.01. The van der Waals surface area contributed by atoms with E-state index in [0.717, 1.165) is 0 Å². The summed E-state index contributed by atoms with van der Waals surface area (Å²) in [7, 11) is 0. The van der Waals surface area contributed by atoms with Crippen LogP contribution in [0.5, 0.6) is 0 Å². The van der Waals surface area contributed by atoms with Gasteiger partial charge in [0.2, 0.25) is 0 Å². The fourth-order valence-corrected chi connectivity index (χ4v) is 0.798. The molecule has 4 nitrogen and oxygen atoms in total. The summed E-state index contributed by atoms with van der Waals surface area (Å²) in [5.41, 5.74) is 0. The van der Waals surface area contributed by atoms with Crippen LogP contribution in [0.2, 0.25) is 0 Å². The van der Waals surface area contributed by atoms with Gasteiger partial charge in [-0.1, -0.05) is 0 Å². The molecule has 0 aromatic carbocycles. The average molecular weight is 251 g/mol. The zero-order valence-corrected chi connectivity index (χ0v) is 7.89. The van der Waals surface area contributed by atoms with E-state index in [1.807, 2.05) is 0 Å². The summed E-state index contributed by atoms with van der Waals surface area (Å²) in [4.78, 5) is 10.2. The Morgan fingerprint density at radius 3 is 2.06 bits per heavy atom. The summed E-state index contributed by atoms with van der Waals surface area (Å²) >= 11 is 0. The zero-order chi connectivity index (χ0) is 13.0. The van der Waals surface area contributed by atoms with E-state index in [4.69, 9.17) is 10.2 Å². The van der Waals surface area contributed by atoms with Gasteiger partial charge in [0.25, 0.3) is 5.92 Å². The summed E-state index contributed by atoms with van der Waals surface area (Å²) in [5, 5.41) is 18.0. The fourth-order valence-electron chi connectivity index (χ4n) is 0.798. The monoisotopic (exact) mass is 251 g/mol. The van der Waals surface area contributed by atoms with Gasteiger partial charge in [-0.05, 0) is 0 Å². The van der Waals surface area contributed by atoms with Crippen LogP contribution in [0.25, 0.3) is 0 Å². The van der Waals surface area contributed by atoms with E-state index < -0.39 is 43.7 Å². The van der Waals surface area contributed by atoms with Crippen molar-refractivity contribution in [1.82, 2.24) is 5.32 Å². The number of carboxylic acid groups (broad SMARTS) is 1. The molecule has 0 aliphatic carbocycles. The number of alkyl halides is 5. The lowest BCUT2D eigenvalue weighted by molar-refractivity contribution is -0.193. The van der Waals surface area contributed by atoms with Crippen LogP contribution in [0.1, 0.15) is 0 Å². The Morgan fingerprint density at radius 1 is 1.25 bits per heavy atom. The number of nitrogens with one attached hydrogen (secondary N) is 1. The van der Waals surface area contributed by atoms with Crippen LogP contribution in [-0.4, -0.2) is 48.0 Å². The Balaban J connectivity index is 4.21. The first-order valence-electron chi connectivity index (χ1n) is 4.09. The number of carboxylic acids is 1. The van der Waals surface area contributed by atoms with Crippen LogP contribution in [0, 0.1) is 5.92 Å². The van der Waals surface area contributed by atoms with Crippen LogP contribution in [0.4, 0.5) is 22.0 Å². The molecule has 0 bridgehead atoms. The van der Waals surface area contributed by atoms with Crippen molar-refractivity contribution < 1.29 is 37.0 Å². The molecule has 9 heteroatoms. The number of aliphatic hydroxyl groups excluding tert-OH is 1. The highest BCUT2D eigenvalue weighted by molar-refractivity contribution is 5.71. The maximum atomic E-state index is 12.4. The molecule has 0 amide bonds. The van der Waals surface area contributed by atoms with E-state index in [0.29, 0.717) is 0 Å². The molecule has 1 atom stereocenters. The van der Waals surface area contributed by atoms with Crippen molar-refractivity contribution in [2.45, 2.75) is 12.1 Å². The number of rotatable bonds is 6. The Labute approximate surface area is 87.1 Å². The van der Waals surface area contributed by atoms with E-state index in [-0.39, 0.29) is 0 Å². The third-order valence-electron chi connectivity index (χ3n) is 1.66. The summed E-state index contributed by atoms with van der Waals surface area (Å²) in [6, 6.07) is 0. The summed E-state index contributed by atoms with van der Waals surface area (Å²) < 4.78 is 60.8. The number of aliphatic hydroxyl groups is 1. The largest absolute Gasteiger partial charge is 0.481 e. The number of halogens is 5. The lowest BCUT2D eigenvalue weighted by Gasteiger charge is -2.19. The number of carbonyl (C=O) groups is 1. The van der Waals surface area contributed by atoms with E-state index in [9.17, 15) is 26.7 Å². The molecule has 0 saturated carbocycles. The Hall–Kier alpha value is -0.960. The highest BCUT2D eigenvalue weighted by Crippen LogP contribution is 2.26. The van der Waals surface area contributed by atoms with Gasteiger partial charge in [-0.2, -0.15) is 13.2 Å². The first-order chi connectivity index (χ1) is 7.10. The summed E-state index contributed by atoms with van der Waals surface area (Å²) in [6.45, 7) is -3.92. The SMILES string of the molecule is O=C(O)C(CNCC(F)(F)CO)C(F)(F)F. The molecule has 0 aromatic heterocycles. The topological polar surface area (TPSA) is 69.6 Å². The minimum absolute atomic E-state index is 1.17. The van der Waals surface area contributed by atoms with Crippen molar-refractivity contribution in [2.24, 2.45) is 5.92 Å². The average Bonchev–Trinajstić information content (AvgIpc) is 2.09. The van der Waals surface area contributed by atoms with Crippen LogP contribution in [-0.2, 0) is 4.79 Å². The minimum Gasteiger partial charge on any atom is -0.481 e. The van der Waals surface area contributed by atoms with Gasteiger partial charge < -0.3 is 15.5 Å². The van der Waals surface area contributed by atoms with Crippen LogP contribution in [0.15, 0.2) is 0 Å². The molecule has 0 rings (SSSR count). The molecule has 0 aliphatic rings. The fraction of sp³-hybridized carbons (Fsp3) is 0.857. The number of aliphatic carboxylic acids is 1. The van der Waals surface area contributed by atoms with Gasteiger partial charge in [0, 0.05) is 6.54 Å². The van der Waals surface area contributed by atoms with E-state index in [1.54, 1.807) is 5.32 Å². The van der Waals surface area contributed by atoms with Gasteiger partial charge >= 0.3 is 12.1 Å².